The van der Waals surface area contributed by atoms with Crippen LogP contribution in [0.15, 0.2) is 30.9 Å². The molecule has 2 aliphatic heterocycles. The van der Waals surface area contributed by atoms with Crippen molar-refractivity contribution in [2.75, 3.05) is 0 Å². The molecule has 0 saturated carbocycles. The second kappa shape index (κ2) is 11.6. The molecular formula is C34H36N4O6. The number of fused-ring (bicyclic) bond motifs is 8. The van der Waals surface area contributed by atoms with Crippen molar-refractivity contribution in [1.29, 1.82) is 0 Å². The number of hydrogen-bond donors (Lipinski definition) is 5. The quantitative estimate of drug-likeness (QED) is 0.192. The van der Waals surface area contributed by atoms with Crippen LogP contribution >= 0.6 is 0 Å². The second-order valence-corrected chi connectivity index (χ2v) is 11.5. The average molecular weight is 597 g/mol. The molecule has 5 rings (SSSR count). The molecule has 5 heterocycles. The largest absolute Gasteiger partial charge is 0.481 e. The first kappa shape index (κ1) is 30.5. The van der Waals surface area contributed by atoms with Gasteiger partial charge in [0, 0.05) is 51.6 Å². The number of carbonyl (C=O) groups is 3. The number of H-pyrrole nitrogens is 2. The van der Waals surface area contributed by atoms with Gasteiger partial charge in [-0.1, -0.05) is 26.5 Å². The molecule has 1 unspecified atom stereocenters. The molecule has 2 aliphatic rings. The lowest BCUT2D eigenvalue weighted by Crippen LogP contribution is -2.11. The Morgan fingerprint density at radius 1 is 0.909 bits per heavy atom. The third-order valence-electron chi connectivity index (χ3n) is 8.95. The highest BCUT2D eigenvalue weighted by Crippen LogP contribution is 2.43. The van der Waals surface area contributed by atoms with Crippen LogP contribution in [0.25, 0.3) is 33.2 Å². The summed E-state index contributed by atoms with van der Waals surface area (Å²) >= 11 is 0. The lowest BCUT2D eigenvalue weighted by Gasteiger charge is -2.17. The fourth-order valence-corrected chi connectivity index (χ4v) is 6.53. The van der Waals surface area contributed by atoms with Crippen molar-refractivity contribution in [3.05, 3.63) is 81.4 Å². The molecule has 0 fully saturated rings. The summed E-state index contributed by atoms with van der Waals surface area (Å²) < 4.78 is 0. The summed E-state index contributed by atoms with van der Waals surface area (Å²) in [7, 11) is 0. The van der Waals surface area contributed by atoms with E-state index in [1.807, 2.05) is 45.9 Å². The summed E-state index contributed by atoms with van der Waals surface area (Å²) in [6.45, 7) is 13.7. The van der Waals surface area contributed by atoms with E-state index in [2.05, 4.69) is 16.5 Å². The fourth-order valence-electron chi connectivity index (χ4n) is 6.53. The Bertz CT molecular complexity index is 1940. The standard InChI is InChI=1S/C34H36N4O6/c1-7-19-15(3)23-12-25-17(5)21(9-10-29(39)40)32(37-25)22(11-30(41)42)33-31(34(43)44)18(6)26(38-33)14-28-20(8-2)16(4)24(36-28)13-27(19)35-23/h7,12-14,17,21,36,38H,1,8-11H2,2-6H3,(H,39,40)(H,41,42)(H,43,44)/t17?,21-/m0/s1. The van der Waals surface area contributed by atoms with Crippen LogP contribution in [0.1, 0.15) is 101 Å². The van der Waals surface area contributed by atoms with Gasteiger partial charge >= 0.3 is 17.9 Å². The number of aromatic carboxylic acids is 1. The zero-order valence-corrected chi connectivity index (χ0v) is 25.5. The summed E-state index contributed by atoms with van der Waals surface area (Å²) in [4.78, 5) is 53.2. The van der Waals surface area contributed by atoms with E-state index in [9.17, 15) is 29.7 Å². The molecule has 3 aromatic heterocycles. The van der Waals surface area contributed by atoms with Crippen LogP contribution in [-0.2, 0) is 22.4 Å². The third kappa shape index (κ3) is 5.21. The van der Waals surface area contributed by atoms with Crippen molar-refractivity contribution in [1.82, 2.24) is 19.9 Å². The van der Waals surface area contributed by atoms with Crippen molar-refractivity contribution in [2.24, 2.45) is 0 Å². The number of allylic oxidation sites excluding steroid dienone is 3. The Hall–Kier alpha value is -4.99. The molecule has 8 bridgehead atoms. The molecule has 0 saturated heterocycles. The number of aromatic nitrogens is 4. The summed E-state index contributed by atoms with van der Waals surface area (Å²) in [5.41, 5.74) is 9.27. The Balaban J connectivity index is 2.04. The zero-order valence-electron chi connectivity index (χ0n) is 25.5. The van der Waals surface area contributed by atoms with Crippen LogP contribution in [0.4, 0.5) is 0 Å². The highest BCUT2D eigenvalue weighted by Gasteiger charge is 2.33. The van der Waals surface area contributed by atoms with E-state index in [1.165, 1.54) is 0 Å². The molecule has 0 aromatic carbocycles. The summed E-state index contributed by atoms with van der Waals surface area (Å²) in [6, 6.07) is 5.70. The number of aliphatic carboxylic acids is 2. The maximum Gasteiger partial charge on any atom is 0.338 e. The number of aromatic amines is 2. The Morgan fingerprint density at radius 2 is 1.61 bits per heavy atom. The summed E-state index contributed by atoms with van der Waals surface area (Å²) in [5, 5.41) is 29.9. The summed E-state index contributed by atoms with van der Waals surface area (Å²) in [5.74, 6) is -4.08. The zero-order chi connectivity index (χ0) is 32.0. The van der Waals surface area contributed by atoms with Gasteiger partial charge in [0.2, 0.25) is 0 Å². The van der Waals surface area contributed by atoms with Crippen LogP contribution in [0.5, 0.6) is 0 Å². The molecule has 10 nitrogen and oxygen atoms in total. The van der Waals surface area contributed by atoms with Crippen molar-refractivity contribution < 1.29 is 29.7 Å². The molecule has 0 spiro atoms. The highest BCUT2D eigenvalue weighted by molar-refractivity contribution is 6.02. The van der Waals surface area contributed by atoms with Crippen LogP contribution in [0, 0.1) is 13.8 Å². The number of carboxylic acid groups (broad SMARTS) is 3. The van der Waals surface area contributed by atoms with Gasteiger partial charge in [0.05, 0.1) is 34.6 Å². The van der Waals surface area contributed by atoms with E-state index in [4.69, 9.17) is 9.97 Å². The molecule has 0 radical (unpaired) electrons. The minimum Gasteiger partial charge on any atom is -0.481 e. The van der Waals surface area contributed by atoms with E-state index in [0.717, 1.165) is 45.4 Å². The first-order valence-corrected chi connectivity index (χ1v) is 14.6. The van der Waals surface area contributed by atoms with Crippen LogP contribution in [-0.4, -0.2) is 53.2 Å². The first-order chi connectivity index (χ1) is 20.9. The number of aryl methyl sites for hydroxylation is 3. The average Bonchev–Trinajstić information content (AvgIpc) is 3.63. The van der Waals surface area contributed by atoms with E-state index in [1.54, 1.807) is 13.0 Å². The molecule has 10 heteroatoms. The molecule has 3 aromatic rings. The monoisotopic (exact) mass is 596 g/mol. The fraction of sp³-hybridized carbons (Fsp3) is 0.324. The SMILES string of the molecule is C=CC1=C(C)c2cc3nc(c(CC(=O)O)c4[nH]c(cc5[nH]c(cc1n2)c(C)c5CC)c(C)c4C(=O)O)[C@@H](CCC(=O)O)C3C. The lowest BCUT2D eigenvalue weighted by molar-refractivity contribution is -0.138. The number of nitrogens with one attached hydrogen (secondary N) is 2. The number of carboxylic acids is 3. The van der Waals surface area contributed by atoms with Gasteiger partial charge in [-0.15, -0.1) is 0 Å². The van der Waals surface area contributed by atoms with Gasteiger partial charge in [0.15, 0.2) is 0 Å². The number of hydrogen-bond acceptors (Lipinski definition) is 5. The molecule has 2 atom stereocenters. The van der Waals surface area contributed by atoms with Gasteiger partial charge in [-0.3, -0.25) is 14.6 Å². The maximum atomic E-state index is 12.7. The van der Waals surface area contributed by atoms with Crippen molar-refractivity contribution in [3.8, 4) is 0 Å². The second-order valence-electron chi connectivity index (χ2n) is 11.5. The minimum atomic E-state index is -1.20. The first-order valence-electron chi connectivity index (χ1n) is 14.6. The smallest absolute Gasteiger partial charge is 0.338 e. The highest BCUT2D eigenvalue weighted by atomic mass is 16.4. The van der Waals surface area contributed by atoms with Gasteiger partial charge in [0.25, 0.3) is 0 Å². The van der Waals surface area contributed by atoms with E-state index in [0.29, 0.717) is 28.2 Å². The van der Waals surface area contributed by atoms with Crippen molar-refractivity contribution in [2.45, 2.75) is 72.1 Å². The van der Waals surface area contributed by atoms with E-state index in [-0.39, 0.29) is 35.4 Å². The topological polar surface area (TPSA) is 169 Å². The molecule has 0 amide bonds. The van der Waals surface area contributed by atoms with Crippen molar-refractivity contribution >= 4 is 51.1 Å². The molecular weight excluding hydrogens is 560 g/mol. The Morgan fingerprint density at radius 3 is 2.23 bits per heavy atom. The predicted molar refractivity (Wildman–Crippen MR) is 169 cm³/mol. The number of rotatable bonds is 8. The molecule has 44 heavy (non-hydrogen) atoms. The molecule has 5 N–H and O–H groups in total. The normalized spacial score (nSPS) is 16.3. The van der Waals surface area contributed by atoms with Crippen molar-refractivity contribution in [3.63, 3.8) is 0 Å². The van der Waals surface area contributed by atoms with Crippen LogP contribution < -0.4 is 0 Å². The van der Waals surface area contributed by atoms with E-state index >= 15 is 0 Å². The van der Waals surface area contributed by atoms with E-state index < -0.39 is 30.2 Å². The summed E-state index contributed by atoms with van der Waals surface area (Å²) in [6.07, 6.45) is 2.04. The van der Waals surface area contributed by atoms with Gasteiger partial charge in [-0.2, -0.15) is 0 Å². The third-order valence-corrected chi connectivity index (χ3v) is 8.95. The van der Waals surface area contributed by atoms with Gasteiger partial charge in [0.1, 0.15) is 0 Å². The lowest BCUT2D eigenvalue weighted by atomic mass is 9.85. The van der Waals surface area contributed by atoms with Crippen LogP contribution in [0.3, 0.4) is 0 Å². The molecule has 0 aliphatic carbocycles. The minimum absolute atomic E-state index is 0.0388. The Labute approximate surface area is 254 Å². The maximum absolute atomic E-state index is 12.7. The van der Waals surface area contributed by atoms with Gasteiger partial charge in [-0.05, 0) is 74.1 Å². The number of nitrogens with zero attached hydrogens (tertiary/aromatic N) is 2. The van der Waals surface area contributed by atoms with Gasteiger partial charge < -0.3 is 25.3 Å². The predicted octanol–water partition coefficient (Wildman–Crippen LogP) is 6.69. The molecule has 228 valence electrons. The van der Waals surface area contributed by atoms with Gasteiger partial charge in [-0.25, -0.2) is 9.78 Å². The van der Waals surface area contributed by atoms with Crippen LogP contribution in [0.2, 0.25) is 0 Å². The Kier molecular flexibility index (Phi) is 8.03.